The second-order valence-electron chi connectivity index (χ2n) is 16.5. The zero-order valence-corrected chi connectivity index (χ0v) is 31.2. The molecule has 0 aliphatic carbocycles. The molecule has 3 nitrogen and oxygen atoms in total. The van der Waals surface area contributed by atoms with Gasteiger partial charge in [0.1, 0.15) is 0 Å². The Bertz CT molecular complexity index is 1630. The highest BCUT2D eigenvalue weighted by Crippen LogP contribution is 2.42. The molecule has 0 N–H and O–H groups in total. The highest BCUT2D eigenvalue weighted by atomic mass is 15.1. The van der Waals surface area contributed by atoms with Crippen LogP contribution in [0.4, 0.5) is 0 Å². The first kappa shape index (κ1) is 35.8. The molecule has 2 aliphatic rings. The van der Waals surface area contributed by atoms with E-state index < -0.39 is 0 Å². The molecule has 0 spiro atoms. The summed E-state index contributed by atoms with van der Waals surface area (Å²) in [6.07, 6.45) is 15.1. The van der Waals surface area contributed by atoms with Gasteiger partial charge in [-0.2, -0.15) is 0 Å². The van der Waals surface area contributed by atoms with Crippen LogP contribution >= 0.6 is 0 Å². The first-order chi connectivity index (χ1) is 23.9. The van der Waals surface area contributed by atoms with Gasteiger partial charge in [-0.15, -0.1) is 0 Å². The van der Waals surface area contributed by atoms with Crippen molar-refractivity contribution in [2.45, 2.75) is 103 Å². The molecule has 2 aliphatic heterocycles. The summed E-state index contributed by atoms with van der Waals surface area (Å²) in [7, 11) is 0. The van der Waals surface area contributed by atoms with Crippen molar-refractivity contribution >= 4 is 27.8 Å². The Hall–Kier alpha value is -3.01. The van der Waals surface area contributed by atoms with Gasteiger partial charge in [0, 0.05) is 23.6 Å². The van der Waals surface area contributed by atoms with Gasteiger partial charge in [0.2, 0.25) is 0 Å². The summed E-state index contributed by atoms with van der Waals surface area (Å²) in [6, 6.07) is 32.2. The van der Waals surface area contributed by atoms with E-state index in [2.05, 4.69) is 129 Å². The summed E-state index contributed by atoms with van der Waals surface area (Å²) in [5, 5.41) is 5.49. The van der Waals surface area contributed by atoms with Crippen LogP contribution in [0.3, 0.4) is 0 Å². The van der Waals surface area contributed by atoms with Gasteiger partial charge in [-0.05, 0) is 135 Å². The average Bonchev–Trinajstić information content (AvgIpc) is 3.12. The van der Waals surface area contributed by atoms with E-state index >= 15 is 0 Å². The van der Waals surface area contributed by atoms with E-state index in [0.29, 0.717) is 11.8 Å². The predicted octanol–water partition coefficient (Wildman–Crippen LogP) is 11.1. The summed E-state index contributed by atoms with van der Waals surface area (Å²) in [5.41, 5.74) is 2.81. The second kappa shape index (κ2) is 16.8. The van der Waals surface area contributed by atoms with Crippen molar-refractivity contribution in [2.24, 2.45) is 16.8 Å². The van der Waals surface area contributed by atoms with E-state index in [-0.39, 0.29) is 10.8 Å². The SMILES string of the molecule is CC(C)CC(C=NCC(CCN1CCCCC1)(CC(C)C)c1cccc2ccccc12)(CCN1CCCCC1)c1cccc2ccccc12. The lowest BCUT2D eigenvalue weighted by atomic mass is 9.69. The Morgan fingerprint density at radius 3 is 1.63 bits per heavy atom. The van der Waals surface area contributed by atoms with E-state index in [0.717, 1.165) is 45.3 Å². The first-order valence-electron chi connectivity index (χ1n) is 19.8. The van der Waals surface area contributed by atoms with Crippen molar-refractivity contribution in [3.63, 3.8) is 0 Å². The molecular formula is C46H63N3. The van der Waals surface area contributed by atoms with Crippen LogP contribution in [0.1, 0.15) is 103 Å². The molecule has 2 atom stereocenters. The van der Waals surface area contributed by atoms with E-state index in [9.17, 15) is 0 Å². The number of aliphatic imine (C=N–C) groups is 1. The quantitative estimate of drug-likeness (QED) is 0.118. The largest absolute Gasteiger partial charge is 0.303 e. The fourth-order valence-corrected chi connectivity index (χ4v) is 9.46. The van der Waals surface area contributed by atoms with E-state index in [1.165, 1.54) is 97.4 Å². The molecule has 2 saturated heterocycles. The fourth-order valence-electron chi connectivity index (χ4n) is 9.46. The van der Waals surface area contributed by atoms with Crippen LogP contribution in [0, 0.1) is 11.8 Å². The molecule has 0 bridgehead atoms. The number of fused-ring (bicyclic) bond motifs is 2. The van der Waals surface area contributed by atoms with Gasteiger partial charge in [-0.25, -0.2) is 0 Å². The van der Waals surface area contributed by atoms with Gasteiger partial charge in [0.05, 0.1) is 0 Å². The van der Waals surface area contributed by atoms with Crippen LogP contribution < -0.4 is 0 Å². The Labute approximate surface area is 298 Å². The van der Waals surface area contributed by atoms with E-state index in [1.54, 1.807) is 0 Å². The molecule has 6 rings (SSSR count). The lowest BCUT2D eigenvalue weighted by molar-refractivity contribution is 0.195. The summed E-state index contributed by atoms with van der Waals surface area (Å²) in [4.78, 5) is 11.2. The average molecular weight is 658 g/mol. The molecule has 4 aromatic rings. The summed E-state index contributed by atoms with van der Waals surface area (Å²) < 4.78 is 0. The van der Waals surface area contributed by atoms with Crippen molar-refractivity contribution in [2.75, 3.05) is 45.8 Å². The van der Waals surface area contributed by atoms with Crippen LogP contribution in [0.5, 0.6) is 0 Å². The minimum Gasteiger partial charge on any atom is -0.303 e. The summed E-state index contributed by atoms with van der Waals surface area (Å²) >= 11 is 0. The lowest BCUT2D eigenvalue weighted by Crippen LogP contribution is -2.40. The number of rotatable bonds is 15. The number of hydrogen-bond acceptors (Lipinski definition) is 3. The molecule has 4 aromatic carbocycles. The maximum Gasteiger partial charge on any atom is 0.0483 e. The molecule has 0 aromatic heterocycles. The summed E-state index contributed by atoms with van der Waals surface area (Å²) in [6.45, 7) is 17.7. The molecule has 49 heavy (non-hydrogen) atoms. The number of nitrogens with zero attached hydrogens (tertiary/aromatic N) is 3. The zero-order chi connectivity index (χ0) is 34.1. The number of likely N-dealkylation sites (tertiary alicyclic amines) is 2. The number of hydrogen-bond donors (Lipinski definition) is 0. The van der Waals surface area contributed by atoms with Crippen molar-refractivity contribution in [3.8, 4) is 0 Å². The van der Waals surface area contributed by atoms with Crippen LogP contribution in [0.25, 0.3) is 21.5 Å². The second-order valence-corrected chi connectivity index (χ2v) is 16.5. The lowest BCUT2D eigenvalue weighted by Gasteiger charge is -2.39. The van der Waals surface area contributed by atoms with Gasteiger partial charge in [0.15, 0.2) is 0 Å². The molecule has 0 radical (unpaired) electrons. The number of benzene rings is 4. The highest BCUT2D eigenvalue weighted by Gasteiger charge is 2.37. The minimum atomic E-state index is -0.123. The number of piperidine rings is 2. The predicted molar refractivity (Wildman–Crippen MR) is 213 cm³/mol. The Kier molecular flexibility index (Phi) is 12.3. The molecular weight excluding hydrogens is 595 g/mol. The third kappa shape index (κ3) is 8.84. The first-order valence-corrected chi connectivity index (χ1v) is 19.8. The van der Waals surface area contributed by atoms with Crippen molar-refractivity contribution in [1.29, 1.82) is 0 Å². The third-order valence-corrected chi connectivity index (χ3v) is 11.7. The van der Waals surface area contributed by atoms with E-state index in [1.807, 2.05) is 0 Å². The van der Waals surface area contributed by atoms with Crippen LogP contribution in [-0.2, 0) is 10.8 Å². The smallest absolute Gasteiger partial charge is 0.0483 e. The van der Waals surface area contributed by atoms with Crippen LogP contribution in [-0.4, -0.2) is 61.8 Å². The fraction of sp³-hybridized carbons (Fsp3) is 0.543. The van der Waals surface area contributed by atoms with Gasteiger partial charge in [-0.3, -0.25) is 4.99 Å². The van der Waals surface area contributed by atoms with Crippen molar-refractivity contribution in [1.82, 2.24) is 9.80 Å². The van der Waals surface area contributed by atoms with Crippen LogP contribution in [0.15, 0.2) is 89.9 Å². The van der Waals surface area contributed by atoms with Crippen molar-refractivity contribution in [3.05, 3.63) is 96.1 Å². The van der Waals surface area contributed by atoms with Gasteiger partial charge in [-0.1, -0.05) is 125 Å². The molecule has 0 amide bonds. The molecule has 3 heteroatoms. The maximum absolute atomic E-state index is 5.75. The van der Waals surface area contributed by atoms with Gasteiger partial charge in [0.25, 0.3) is 0 Å². The normalized spacial score (nSPS) is 19.2. The Morgan fingerprint density at radius 1 is 0.571 bits per heavy atom. The molecule has 2 fully saturated rings. The molecule has 0 saturated carbocycles. The van der Waals surface area contributed by atoms with Crippen molar-refractivity contribution < 1.29 is 0 Å². The third-order valence-electron chi connectivity index (χ3n) is 11.7. The Morgan fingerprint density at radius 2 is 1.06 bits per heavy atom. The molecule has 2 unspecified atom stereocenters. The topological polar surface area (TPSA) is 18.8 Å². The van der Waals surface area contributed by atoms with E-state index in [4.69, 9.17) is 4.99 Å². The standard InChI is InChI=1S/C46H63N3/c1-37(2)33-45(25-31-48-27-11-5-12-28-48,43-23-15-19-39-17-7-9-21-41(39)43)35-47-36-46(34-38(3)4,26-32-49-29-13-6-14-30-49)44-24-16-20-40-18-8-10-22-42(40)44/h7-10,15-24,35,37-38H,5-6,11-14,25-34,36H2,1-4H3. The van der Waals surface area contributed by atoms with Crippen LogP contribution in [0.2, 0.25) is 0 Å². The molecule has 2 heterocycles. The minimum absolute atomic E-state index is 0.0296. The Balaban J connectivity index is 1.44. The van der Waals surface area contributed by atoms with Gasteiger partial charge < -0.3 is 9.80 Å². The van der Waals surface area contributed by atoms with Gasteiger partial charge >= 0.3 is 0 Å². The zero-order valence-electron chi connectivity index (χ0n) is 31.2. The molecule has 262 valence electrons. The summed E-state index contributed by atoms with van der Waals surface area (Å²) in [5.74, 6) is 1.14. The monoisotopic (exact) mass is 658 g/mol. The maximum atomic E-state index is 5.75. The highest BCUT2D eigenvalue weighted by molar-refractivity contribution is 5.91.